The van der Waals surface area contributed by atoms with Crippen LogP contribution in [0.15, 0.2) is 17.2 Å². The van der Waals surface area contributed by atoms with Gasteiger partial charge in [-0.3, -0.25) is 0 Å². The molecule has 1 aliphatic rings. The predicted molar refractivity (Wildman–Crippen MR) is 81.6 cm³/mol. The number of aromatic amines is 1. The predicted octanol–water partition coefficient (Wildman–Crippen LogP) is 1.36. The number of hydrogen-bond acceptors (Lipinski definition) is 4. The van der Waals surface area contributed by atoms with E-state index in [0.29, 0.717) is 25.8 Å². The van der Waals surface area contributed by atoms with Crippen molar-refractivity contribution in [2.75, 3.05) is 19.7 Å². The van der Waals surface area contributed by atoms with E-state index in [4.69, 9.17) is 4.74 Å². The molecule has 1 aromatic heterocycles. The highest BCUT2D eigenvalue weighted by atomic mass is 32.2. The SMILES string of the molecule is CCNCc1cc(S(=O)(=O)NCCOC2CCCC2)c[nH]1. The van der Waals surface area contributed by atoms with E-state index in [1.165, 1.54) is 19.0 Å². The van der Waals surface area contributed by atoms with E-state index in [-0.39, 0.29) is 4.90 Å². The number of sulfonamides is 1. The van der Waals surface area contributed by atoms with Crippen molar-refractivity contribution >= 4 is 10.0 Å². The molecular formula is C14H25N3O3S. The minimum absolute atomic E-state index is 0.274. The average Bonchev–Trinajstić information content (AvgIpc) is 3.13. The molecule has 0 atom stereocenters. The van der Waals surface area contributed by atoms with Gasteiger partial charge in [0.2, 0.25) is 10.0 Å². The topological polar surface area (TPSA) is 83.2 Å². The molecule has 7 heteroatoms. The third-order valence-corrected chi connectivity index (χ3v) is 5.08. The second kappa shape index (κ2) is 7.93. The van der Waals surface area contributed by atoms with Crippen LogP contribution in [0.4, 0.5) is 0 Å². The van der Waals surface area contributed by atoms with Crippen LogP contribution in [0, 0.1) is 0 Å². The number of rotatable bonds is 9. The molecule has 21 heavy (non-hydrogen) atoms. The Bertz CT molecular complexity index is 521. The molecule has 0 unspecified atom stereocenters. The van der Waals surface area contributed by atoms with Gasteiger partial charge >= 0.3 is 0 Å². The molecule has 0 radical (unpaired) electrons. The normalized spacial score (nSPS) is 16.6. The van der Waals surface area contributed by atoms with Gasteiger partial charge in [0, 0.05) is 25.0 Å². The molecule has 0 aliphatic heterocycles. The maximum absolute atomic E-state index is 12.1. The van der Waals surface area contributed by atoms with Crippen LogP contribution in [-0.2, 0) is 21.3 Å². The quantitative estimate of drug-likeness (QED) is 0.601. The molecular weight excluding hydrogens is 290 g/mol. The zero-order valence-corrected chi connectivity index (χ0v) is 13.3. The van der Waals surface area contributed by atoms with Gasteiger partial charge in [0.15, 0.2) is 0 Å². The summed E-state index contributed by atoms with van der Waals surface area (Å²) in [6.07, 6.45) is 6.46. The molecule has 0 amide bonds. The van der Waals surface area contributed by atoms with Crippen molar-refractivity contribution in [3.63, 3.8) is 0 Å². The van der Waals surface area contributed by atoms with Gasteiger partial charge in [0.05, 0.1) is 17.6 Å². The van der Waals surface area contributed by atoms with Gasteiger partial charge in [-0.15, -0.1) is 0 Å². The highest BCUT2D eigenvalue weighted by Gasteiger charge is 2.17. The first-order valence-electron chi connectivity index (χ1n) is 7.61. The molecule has 0 bridgehead atoms. The average molecular weight is 315 g/mol. The van der Waals surface area contributed by atoms with Crippen molar-refractivity contribution in [1.29, 1.82) is 0 Å². The highest BCUT2D eigenvalue weighted by molar-refractivity contribution is 7.89. The van der Waals surface area contributed by atoms with Crippen molar-refractivity contribution in [1.82, 2.24) is 15.0 Å². The fourth-order valence-electron chi connectivity index (χ4n) is 2.48. The van der Waals surface area contributed by atoms with Crippen LogP contribution in [0.1, 0.15) is 38.3 Å². The van der Waals surface area contributed by atoms with Crippen molar-refractivity contribution in [2.45, 2.75) is 50.2 Å². The summed E-state index contributed by atoms with van der Waals surface area (Å²) in [4.78, 5) is 3.24. The summed E-state index contributed by atoms with van der Waals surface area (Å²) in [6.45, 7) is 4.23. The summed E-state index contributed by atoms with van der Waals surface area (Å²) in [6, 6.07) is 1.66. The number of nitrogens with one attached hydrogen (secondary N) is 3. The Morgan fingerprint density at radius 1 is 1.38 bits per heavy atom. The second-order valence-electron chi connectivity index (χ2n) is 5.32. The van der Waals surface area contributed by atoms with Crippen molar-refractivity contribution in [2.24, 2.45) is 0 Å². The van der Waals surface area contributed by atoms with Gasteiger partial charge in [-0.25, -0.2) is 13.1 Å². The smallest absolute Gasteiger partial charge is 0.242 e. The summed E-state index contributed by atoms with van der Waals surface area (Å²) in [5.74, 6) is 0. The standard InChI is InChI=1S/C14H25N3O3S/c1-2-15-10-12-9-14(11-16-12)21(18,19)17-7-8-20-13-5-3-4-6-13/h9,11,13,15-17H,2-8,10H2,1H3. The molecule has 1 aromatic rings. The molecule has 0 spiro atoms. The number of aromatic nitrogens is 1. The van der Waals surface area contributed by atoms with E-state index in [0.717, 1.165) is 25.1 Å². The summed E-state index contributed by atoms with van der Waals surface area (Å²) in [7, 11) is -3.45. The largest absolute Gasteiger partial charge is 0.377 e. The third-order valence-electron chi connectivity index (χ3n) is 3.64. The van der Waals surface area contributed by atoms with E-state index >= 15 is 0 Å². The highest BCUT2D eigenvalue weighted by Crippen LogP contribution is 2.20. The van der Waals surface area contributed by atoms with Crippen LogP contribution in [0.25, 0.3) is 0 Å². The summed E-state index contributed by atoms with van der Waals surface area (Å²) in [5.41, 5.74) is 0.861. The lowest BCUT2D eigenvalue weighted by Crippen LogP contribution is -2.28. The Balaban J connectivity index is 1.76. The second-order valence-corrected chi connectivity index (χ2v) is 7.08. The fraction of sp³-hybridized carbons (Fsp3) is 0.714. The van der Waals surface area contributed by atoms with E-state index in [2.05, 4.69) is 15.0 Å². The molecule has 6 nitrogen and oxygen atoms in total. The first kappa shape index (κ1) is 16.5. The van der Waals surface area contributed by atoms with E-state index in [9.17, 15) is 8.42 Å². The van der Waals surface area contributed by atoms with Crippen molar-refractivity contribution in [3.8, 4) is 0 Å². The van der Waals surface area contributed by atoms with Crippen LogP contribution >= 0.6 is 0 Å². The van der Waals surface area contributed by atoms with Crippen LogP contribution in [0.5, 0.6) is 0 Å². The van der Waals surface area contributed by atoms with Crippen LogP contribution in [0.2, 0.25) is 0 Å². The molecule has 1 heterocycles. The van der Waals surface area contributed by atoms with Gasteiger partial charge in [0.25, 0.3) is 0 Å². The monoisotopic (exact) mass is 315 g/mol. The molecule has 1 aliphatic carbocycles. The minimum atomic E-state index is -3.45. The maximum atomic E-state index is 12.1. The Morgan fingerprint density at radius 3 is 2.86 bits per heavy atom. The van der Waals surface area contributed by atoms with E-state index in [1.54, 1.807) is 6.07 Å². The van der Waals surface area contributed by atoms with Gasteiger partial charge in [-0.1, -0.05) is 19.8 Å². The van der Waals surface area contributed by atoms with Gasteiger partial charge in [0.1, 0.15) is 0 Å². The minimum Gasteiger partial charge on any atom is -0.377 e. The first-order chi connectivity index (χ1) is 10.1. The lowest BCUT2D eigenvalue weighted by molar-refractivity contribution is 0.0626. The zero-order chi connectivity index (χ0) is 15.1. The molecule has 1 saturated carbocycles. The molecule has 1 fully saturated rings. The van der Waals surface area contributed by atoms with E-state index in [1.807, 2.05) is 6.92 Å². The van der Waals surface area contributed by atoms with Crippen molar-refractivity contribution < 1.29 is 13.2 Å². The lowest BCUT2D eigenvalue weighted by atomic mass is 10.3. The molecule has 2 rings (SSSR count). The summed E-state index contributed by atoms with van der Waals surface area (Å²) >= 11 is 0. The van der Waals surface area contributed by atoms with Crippen LogP contribution < -0.4 is 10.0 Å². The zero-order valence-electron chi connectivity index (χ0n) is 12.5. The lowest BCUT2D eigenvalue weighted by Gasteiger charge is -2.11. The Kier molecular flexibility index (Phi) is 6.22. The number of H-pyrrole nitrogens is 1. The Morgan fingerprint density at radius 2 is 2.14 bits per heavy atom. The van der Waals surface area contributed by atoms with Crippen LogP contribution in [0.3, 0.4) is 0 Å². The molecule has 3 N–H and O–H groups in total. The van der Waals surface area contributed by atoms with Gasteiger partial charge in [-0.05, 0) is 25.5 Å². The molecule has 0 aromatic carbocycles. The fourth-order valence-corrected chi connectivity index (χ4v) is 3.51. The number of ether oxygens (including phenoxy) is 1. The summed E-state index contributed by atoms with van der Waals surface area (Å²) in [5, 5.41) is 3.15. The maximum Gasteiger partial charge on any atom is 0.242 e. The number of hydrogen-bond donors (Lipinski definition) is 3. The molecule has 0 saturated heterocycles. The van der Waals surface area contributed by atoms with Crippen LogP contribution in [-0.4, -0.2) is 39.2 Å². The van der Waals surface area contributed by atoms with Gasteiger partial charge in [-0.2, -0.15) is 0 Å². The van der Waals surface area contributed by atoms with Crippen molar-refractivity contribution in [3.05, 3.63) is 18.0 Å². The Labute approximate surface area is 126 Å². The van der Waals surface area contributed by atoms with E-state index < -0.39 is 10.0 Å². The Hall–Kier alpha value is -0.890. The molecule has 120 valence electrons. The third kappa shape index (κ3) is 5.10. The summed E-state index contributed by atoms with van der Waals surface area (Å²) < 4.78 is 32.4. The van der Waals surface area contributed by atoms with Gasteiger partial charge < -0.3 is 15.0 Å². The first-order valence-corrected chi connectivity index (χ1v) is 9.09.